The maximum Gasteiger partial charge on any atom is 0.223 e. The molecule has 0 saturated carbocycles. The minimum atomic E-state index is 0.0720. The van der Waals surface area contributed by atoms with E-state index in [1.807, 2.05) is 36.4 Å². The average Bonchev–Trinajstić information content (AvgIpc) is 3.37. The molecular formula is C34H22N4O. The number of nitrogens with one attached hydrogen (secondary N) is 2. The predicted octanol–water partition coefficient (Wildman–Crippen LogP) is 8.57. The van der Waals surface area contributed by atoms with Crippen LogP contribution in [0.5, 0.6) is 0 Å². The average molecular weight is 503 g/mol. The van der Waals surface area contributed by atoms with Gasteiger partial charge in [0.2, 0.25) is 5.55 Å². The lowest BCUT2D eigenvalue weighted by molar-refractivity contribution is 0.535. The van der Waals surface area contributed by atoms with Gasteiger partial charge in [-0.1, -0.05) is 72.8 Å². The lowest BCUT2D eigenvalue weighted by atomic mass is 9.95. The van der Waals surface area contributed by atoms with Crippen molar-refractivity contribution in [3.63, 3.8) is 0 Å². The number of hydrogen-bond acceptors (Lipinski definition) is 4. The molecule has 5 aromatic carbocycles. The van der Waals surface area contributed by atoms with Crippen LogP contribution in [0.15, 0.2) is 126 Å². The number of aromatic nitrogens is 2. The summed E-state index contributed by atoms with van der Waals surface area (Å²) in [5, 5.41) is 9.60. The normalized spacial score (nSPS) is 12.2. The van der Waals surface area contributed by atoms with Gasteiger partial charge in [0.25, 0.3) is 0 Å². The van der Waals surface area contributed by atoms with Gasteiger partial charge in [-0.2, -0.15) is 0 Å². The highest BCUT2D eigenvalue weighted by Crippen LogP contribution is 2.50. The molecule has 0 amide bonds. The molecule has 0 fully saturated rings. The Labute approximate surface area is 224 Å². The highest BCUT2D eigenvalue weighted by Gasteiger charge is 2.25. The SMILES string of the molecule is N=c1oc2cc(N3c4ccccc4-c4ccccc4-c4ccccc43)ccc2cc1-c1nc2ccccc2[nH]1. The second-order valence-corrected chi connectivity index (χ2v) is 9.73. The number of benzene rings is 5. The van der Waals surface area contributed by atoms with Gasteiger partial charge in [0.15, 0.2) is 0 Å². The van der Waals surface area contributed by atoms with Gasteiger partial charge in [-0.15, -0.1) is 0 Å². The molecule has 184 valence electrons. The number of hydrogen-bond donors (Lipinski definition) is 2. The Hall–Kier alpha value is -5.42. The van der Waals surface area contributed by atoms with Crippen molar-refractivity contribution in [1.29, 1.82) is 5.41 Å². The minimum absolute atomic E-state index is 0.0720. The van der Waals surface area contributed by atoms with Crippen molar-refractivity contribution < 1.29 is 4.42 Å². The maximum atomic E-state index is 8.70. The van der Waals surface area contributed by atoms with E-state index in [4.69, 9.17) is 9.83 Å². The zero-order chi connectivity index (χ0) is 25.9. The molecular weight excluding hydrogens is 480 g/mol. The molecule has 1 aliphatic heterocycles. The highest BCUT2D eigenvalue weighted by molar-refractivity contribution is 6.03. The molecule has 8 rings (SSSR count). The molecule has 39 heavy (non-hydrogen) atoms. The van der Waals surface area contributed by atoms with Gasteiger partial charge in [-0.05, 0) is 53.6 Å². The number of para-hydroxylation sites is 4. The summed E-state index contributed by atoms with van der Waals surface area (Å²) in [6.45, 7) is 0. The molecule has 0 aliphatic carbocycles. The van der Waals surface area contributed by atoms with Gasteiger partial charge in [-0.3, -0.25) is 5.41 Å². The van der Waals surface area contributed by atoms with Crippen LogP contribution in [-0.4, -0.2) is 9.97 Å². The second-order valence-electron chi connectivity index (χ2n) is 9.73. The minimum Gasteiger partial charge on any atom is -0.438 e. The molecule has 2 N–H and O–H groups in total. The fraction of sp³-hybridized carbons (Fsp3) is 0. The Morgan fingerprint density at radius 2 is 1.23 bits per heavy atom. The van der Waals surface area contributed by atoms with Gasteiger partial charge in [0.1, 0.15) is 11.4 Å². The molecule has 3 heterocycles. The molecule has 7 aromatic rings. The third kappa shape index (κ3) is 3.33. The third-order valence-corrected chi connectivity index (χ3v) is 7.45. The number of fused-ring (bicyclic) bond motifs is 7. The van der Waals surface area contributed by atoms with E-state index in [-0.39, 0.29) is 5.55 Å². The highest BCUT2D eigenvalue weighted by atomic mass is 16.3. The van der Waals surface area contributed by atoms with E-state index in [0.29, 0.717) is 17.0 Å². The van der Waals surface area contributed by atoms with Crippen LogP contribution in [0, 0.1) is 5.41 Å². The first-order valence-corrected chi connectivity index (χ1v) is 12.9. The number of imidazole rings is 1. The second kappa shape index (κ2) is 8.30. The van der Waals surface area contributed by atoms with Gasteiger partial charge < -0.3 is 14.3 Å². The first kappa shape index (κ1) is 21.6. The van der Waals surface area contributed by atoms with Crippen molar-refractivity contribution >= 4 is 39.1 Å². The van der Waals surface area contributed by atoms with Crippen LogP contribution in [0.4, 0.5) is 17.1 Å². The van der Waals surface area contributed by atoms with Gasteiger partial charge >= 0.3 is 0 Å². The van der Waals surface area contributed by atoms with Gasteiger partial charge in [0.05, 0.1) is 28.0 Å². The zero-order valence-electron chi connectivity index (χ0n) is 20.8. The van der Waals surface area contributed by atoms with Crippen molar-refractivity contribution in [3.8, 4) is 33.6 Å². The summed E-state index contributed by atoms with van der Waals surface area (Å²) in [6.07, 6.45) is 0. The summed E-state index contributed by atoms with van der Waals surface area (Å²) in [5.41, 5.74) is 11.1. The van der Waals surface area contributed by atoms with Crippen molar-refractivity contribution in [1.82, 2.24) is 9.97 Å². The number of nitrogens with zero attached hydrogens (tertiary/aromatic N) is 2. The summed E-state index contributed by atoms with van der Waals surface area (Å²) < 4.78 is 6.12. The van der Waals surface area contributed by atoms with Crippen LogP contribution >= 0.6 is 0 Å². The van der Waals surface area contributed by atoms with E-state index in [0.717, 1.165) is 33.5 Å². The van der Waals surface area contributed by atoms with Crippen molar-refractivity contribution in [3.05, 3.63) is 127 Å². The van der Waals surface area contributed by atoms with E-state index in [1.165, 1.54) is 22.3 Å². The Kier molecular flexibility index (Phi) is 4.60. The molecule has 0 saturated heterocycles. The van der Waals surface area contributed by atoms with E-state index in [1.54, 1.807) is 0 Å². The molecule has 1 aliphatic rings. The zero-order valence-corrected chi connectivity index (χ0v) is 20.8. The van der Waals surface area contributed by atoms with Crippen LogP contribution in [0.2, 0.25) is 0 Å². The number of anilines is 3. The molecule has 5 heteroatoms. The Morgan fingerprint density at radius 3 is 1.92 bits per heavy atom. The number of H-pyrrole nitrogens is 1. The first-order valence-electron chi connectivity index (χ1n) is 12.9. The Bertz CT molecular complexity index is 2020. The Balaban J connectivity index is 1.33. The smallest absolute Gasteiger partial charge is 0.223 e. The third-order valence-electron chi connectivity index (χ3n) is 7.45. The number of rotatable bonds is 2. The van der Waals surface area contributed by atoms with E-state index >= 15 is 0 Å². The molecule has 0 spiro atoms. The van der Waals surface area contributed by atoms with E-state index < -0.39 is 0 Å². The predicted molar refractivity (Wildman–Crippen MR) is 156 cm³/mol. The van der Waals surface area contributed by atoms with E-state index in [9.17, 15) is 0 Å². The molecule has 0 bridgehead atoms. The fourth-order valence-corrected chi connectivity index (χ4v) is 5.67. The molecule has 0 radical (unpaired) electrons. The summed E-state index contributed by atoms with van der Waals surface area (Å²) in [7, 11) is 0. The largest absolute Gasteiger partial charge is 0.438 e. The quantitative estimate of drug-likeness (QED) is 0.249. The van der Waals surface area contributed by atoms with Crippen LogP contribution in [0.25, 0.3) is 55.6 Å². The summed E-state index contributed by atoms with van der Waals surface area (Å²) in [4.78, 5) is 10.3. The van der Waals surface area contributed by atoms with Crippen LogP contribution in [0.1, 0.15) is 0 Å². The summed E-state index contributed by atoms with van der Waals surface area (Å²) in [6, 6.07) is 41.6. The van der Waals surface area contributed by atoms with Crippen LogP contribution in [0.3, 0.4) is 0 Å². The summed E-state index contributed by atoms with van der Waals surface area (Å²) >= 11 is 0. The van der Waals surface area contributed by atoms with Crippen molar-refractivity contribution in [2.45, 2.75) is 0 Å². The monoisotopic (exact) mass is 502 g/mol. The fourth-order valence-electron chi connectivity index (χ4n) is 5.67. The summed E-state index contributed by atoms with van der Waals surface area (Å²) in [5.74, 6) is 0.629. The van der Waals surface area contributed by atoms with Crippen molar-refractivity contribution in [2.75, 3.05) is 4.90 Å². The van der Waals surface area contributed by atoms with Crippen LogP contribution in [-0.2, 0) is 0 Å². The molecule has 5 nitrogen and oxygen atoms in total. The molecule has 0 atom stereocenters. The van der Waals surface area contributed by atoms with E-state index in [2.05, 4.69) is 99.8 Å². The standard InChI is InChI=1S/C34H22N4O/c35-33-27(34-36-28-13-5-6-14-29(28)37-34)19-21-17-18-22(20-32(21)39-33)38-30-15-7-3-11-25(30)23-9-1-2-10-24(23)26-12-4-8-16-31(26)38/h1-20,35H,(H,36,37). The first-order chi connectivity index (χ1) is 19.2. The molecule has 2 aromatic heterocycles. The van der Waals surface area contributed by atoms with Crippen molar-refractivity contribution in [2.24, 2.45) is 0 Å². The lowest BCUT2D eigenvalue weighted by Crippen LogP contribution is -2.11. The lowest BCUT2D eigenvalue weighted by Gasteiger charge is -2.27. The Morgan fingerprint density at radius 1 is 0.615 bits per heavy atom. The van der Waals surface area contributed by atoms with Crippen LogP contribution < -0.4 is 10.5 Å². The topological polar surface area (TPSA) is 68.9 Å². The molecule has 0 unspecified atom stereocenters. The number of aromatic amines is 1. The van der Waals surface area contributed by atoms with Gasteiger partial charge in [0, 0.05) is 28.3 Å². The maximum absolute atomic E-state index is 8.70. The van der Waals surface area contributed by atoms with Gasteiger partial charge in [-0.25, -0.2) is 4.98 Å².